The summed E-state index contributed by atoms with van der Waals surface area (Å²) >= 11 is 0. The molecule has 0 unspecified atom stereocenters. The van der Waals surface area contributed by atoms with Crippen LogP contribution in [0.15, 0.2) is 42.5 Å². The molecule has 0 bridgehead atoms. The molecule has 104 valence electrons. The smallest absolute Gasteiger partial charge is 0.338 e. The molecule has 20 heavy (non-hydrogen) atoms. The number of rotatable bonds is 4. The highest BCUT2D eigenvalue weighted by Crippen LogP contribution is 2.51. The number of carbonyl (C=O) groups is 1. The average molecular weight is 270 g/mol. The minimum absolute atomic E-state index is 0.0977. The first-order valence-electron chi connectivity index (χ1n) is 6.86. The summed E-state index contributed by atoms with van der Waals surface area (Å²) < 4.78 is 0. The third-order valence-electron chi connectivity index (χ3n) is 4.27. The summed E-state index contributed by atoms with van der Waals surface area (Å²) in [5, 5.41) is 12.5. The molecule has 0 aromatic heterocycles. The minimum atomic E-state index is -0.792. The van der Waals surface area contributed by atoms with Gasteiger partial charge in [0.1, 0.15) is 0 Å². The van der Waals surface area contributed by atoms with Gasteiger partial charge in [0.2, 0.25) is 0 Å². The highest BCUT2D eigenvalue weighted by Gasteiger charge is 2.44. The van der Waals surface area contributed by atoms with Gasteiger partial charge in [-0.2, -0.15) is 0 Å². The lowest BCUT2D eigenvalue weighted by Gasteiger charge is -2.19. The summed E-state index contributed by atoms with van der Waals surface area (Å²) in [6.45, 7) is 0.280. The van der Waals surface area contributed by atoms with Gasteiger partial charge in [-0.05, 0) is 41.0 Å². The second-order valence-electron chi connectivity index (χ2n) is 5.55. The van der Waals surface area contributed by atoms with Crippen molar-refractivity contribution in [1.29, 1.82) is 0 Å². The Balaban J connectivity index is 1.81. The number of hydrogen-bond donors (Lipinski definition) is 2. The predicted octanol–water partition coefficient (Wildman–Crippen LogP) is 3.03. The molecule has 0 saturated heterocycles. The molecule has 2 aromatic rings. The standard InChI is InChI=1S/C16H18N2O2/c17-15(19)18(20)10-9-16(7-8-16)14-6-5-12-3-1-2-4-13(12)11-14/h1-6,11,20H,7-10H2,(H2,17,19). The molecule has 2 aromatic carbocycles. The second kappa shape index (κ2) is 4.80. The Hall–Kier alpha value is -2.07. The molecule has 2 amide bonds. The molecule has 0 atom stereocenters. The van der Waals surface area contributed by atoms with E-state index < -0.39 is 6.03 Å². The Labute approximate surface area is 117 Å². The van der Waals surface area contributed by atoms with E-state index in [-0.39, 0.29) is 12.0 Å². The van der Waals surface area contributed by atoms with Crippen LogP contribution in [0.3, 0.4) is 0 Å². The number of carbonyl (C=O) groups excluding carboxylic acids is 1. The number of nitrogens with zero attached hydrogens (tertiary/aromatic N) is 1. The van der Waals surface area contributed by atoms with Crippen LogP contribution in [0.2, 0.25) is 0 Å². The Morgan fingerprint density at radius 1 is 1.20 bits per heavy atom. The molecule has 1 fully saturated rings. The van der Waals surface area contributed by atoms with E-state index in [1.165, 1.54) is 16.3 Å². The van der Waals surface area contributed by atoms with Crippen molar-refractivity contribution in [1.82, 2.24) is 5.06 Å². The van der Waals surface area contributed by atoms with Gasteiger partial charge in [-0.25, -0.2) is 9.86 Å². The maximum absolute atomic E-state index is 10.8. The molecule has 0 heterocycles. The molecular weight excluding hydrogens is 252 g/mol. The zero-order valence-corrected chi connectivity index (χ0v) is 11.2. The molecule has 0 spiro atoms. The summed E-state index contributed by atoms with van der Waals surface area (Å²) in [5.41, 5.74) is 6.42. The van der Waals surface area contributed by atoms with Gasteiger partial charge in [0, 0.05) is 0 Å². The van der Waals surface area contributed by atoms with Crippen molar-refractivity contribution in [2.45, 2.75) is 24.7 Å². The van der Waals surface area contributed by atoms with Crippen LogP contribution < -0.4 is 5.73 Å². The molecule has 1 saturated carbocycles. The van der Waals surface area contributed by atoms with Crippen molar-refractivity contribution in [3.05, 3.63) is 48.0 Å². The van der Waals surface area contributed by atoms with Gasteiger partial charge in [0.15, 0.2) is 0 Å². The number of fused-ring (bicyclic) bond motifs is 1. The highest BCUT2D eigenvalue weighted by molar-refractivity contribution is 5.83. The number of hydrogen-bond acceptors (Lipinski definition) is 2. The molecule has 1 aliphatic carbocycles. The third kappa shape index (κ3) is 2.34. The Morgan fingerprint density at radius 2 is 1.90 bits per heavy atom. The van der Waals surface area contributed by atoms with Crippen molar-refractivity contribution >= 4 is 16.8 Å². The molecular formula is C16H18N2O2. The third-order valence-corrected chi connectivity index (χ3v) is 4.27. The lowest BCUT2D eigenvalue weighted by atomic mass is 9.90. The zero-order valence-electron chi connectivity index (χ0n) is 11.2. The van der Waals surface area contributed by atoms with Crippen LogP contribution in [0.25, 0.3) is 10.8 Å². The van der Waals surface area contributed by atoms with Crippen molar-refractivity contribution < 1.29 is 10.0 Å². The van der Waals surface area contributed by atoms with Crippen LogP contribution in [0.4, 0.5) is 4.79 Å². The topological polar surface area (TPSA) is 66.6 Å². The molecule has 3 rings (SSSR count). The van der Waals surface area contributed by atoms with Crippen molar-refractivity contribution in [2.75, 3.05) is 6.54 Å². The monoisotopic (exact) mass is 270 g/mol. The van der Waals surface area contributed by atoms with E-state index >= 15 is 0 Å². The van der Waals surface area contributed by atoms with E-state index in [9.17, 15) is 10.0 Å². The van der Waals surface area contributed by atoms with Crippen LogP contribution in [0.1, 0.15) is 24.8 Å². The van der Waals surface area contributed by atoms with Crippen molar-refractivity contribution in [2.24, 2.45) is 5.73 Å². The predicted molar refractivity (Wildman–Crippen MR) is 77.6 cm³/mol. The molecule has 4 heteroatoms. The molecule has 0 aliphatic heterocycles. The van der Waals surface area contributed by atoms with Gasteiger partial charge in [-0.15, -0.1) is 0 Å². The molecule has 0 radical (unpaired) electrons. The van der Waals surface area contributed by atoms with Crippen molar-refractivity contribution in [3.8, 4) is 0 Å². The quantitative estimate of drug-likeness (QED) is 0.662. The summed E-state index contributed by atoms with van der Waals surface area (Å²) in [6, 6.07) is 14.0. The van der Waals surface area contributed by atoms with E-state index in [1.54, 1.807) is 0 Å². The number of urea groups is 1. The fourth-order valence-electron chi connectivity index (χ4n) is 2.78. The number of primary amides is 1. The van der Waals surface area contributed by atoms with E-state index in [4.69, 9.17) is 5.73 Å². The maximum atomic E-state index is 10.8. The maximum Gasteiger partial charge on any atom is 0.338 e. The van der Waals surface area contributed by atoms with Gasteiger partial charge in [0.25, 0.3) is 0 Å². The van der Waals surface area contributed by atoms with Crippen molar-refractivity contribution in [3.63, 3.8) is 0 Å². The SMILES string of the molecule is NC(=O)N(O)CCC1(c2ccc3ccccc3c2)CC1. The Kier molecular flexibility index (Phi) is 3.10. The van der Waals surface area contributed by atoms with E-state index in [1.807, 2.05) is 12.1 Å². The first-order chi connectivity index (χ1) is 9.61. The fraction of sp³-hybridized carbons (Fsp3) is 0.312. The van der Waals surface area contributed by atoms with E-state index in [0.717, 1.165) is 19.3 Å². The first-order valence-corrected chi connectivity index (χ1v) is 6.86. The van der Waals surface area contributed by atoms with Gasteiger partial charge >= 0.3 is 6.03 Å². The molecule has 4 nitrogen and oxygen atoms in total. The molecule has 1 aliphatic rings. The number of amides is 2. The van der Waals surface area contributed by atoms with Gasteiger partial charge in [0.05, 0.1) is 6.54 Å². The second-order valence-corrected chi connectivity index (χ2v) is 5.55. The van der Waals surface area contributed by atoms with Crippen LogP contribution in [0.5, 0.6) is 0 Å². The van der Waals surface area contributed by atoms with E-state index in [0.29, 0.717) is 5.06 Å². The lowest BCUT2D eigenvalue weighted by Crippen LogP contribution is -2.34. The lowest BCUT2D eigenvalue weighted by molar-refractivity contribution is -0.0417. The average Bonchev–Trinajstić information content (AvgIpc) is 3.25. The summed E-state index contributed by atoms with van der Waals surface area (Å²) in [5.74, 6) is 0. The first kappa shape index (κ1) is 12.9. The highest BCUT2D eigenvalue weighted by atomic mass is 16.5. The normalized spacial score (nSPS) is 16.1. The zero-order chi connectivity index (χ0) is 14.2. The summed E-state index contributed by atoms with van der Waals surface area (Å²) in [4.78, 5) is 10.8. The fourth-order valence-corrected chi connectivity index (χ4v) is 2.78. The van der Waals surface area contributed by atoms with Crippen LogP contribution in [0, 0.1) is 0 Å². The Morgan fingerprint density at radius 3 is 2.55 bits per heavy atom. The molecule has 3 N–H and O–H groups in total. The van der Waals surface area contributed by atoms with Gasteiger partial charge in [-0.1, -0.05) is 42.5 Å². The van der Waals surface area contributed by atoms with Crippen LogP contribution >= 0.6 is 0 Å². The summed E-state index contributed by atoms with van der Waals surface area (Å²) in [6.07, 6.45) is 2.93. The van der Waals surface area contributed by atoms with Crippen LogP contribution in [-0.4, -0.2) is 22.8 Å². The number of benzene rings is 2. The minimum Gasteiger partial charge on any atom is -0.350 e. The Bertz CT molecular complexity index is 650. The van der Waals surface area contributed by atoms with Gasteiger partial charge in [-0.3, -0.25) is 5.21 Å². The van der Waals surface area contributed by atoms with Gasteiger partial charge < -0.3 is 5.73 Å². The summed E-state index contributed by atoms with van der Waals surface area (Å²) in [7, 11) is 0. The van der Waals surface area contributed by atoms with Crippen LogP contribution in [-0.2, 0) is 5.41 Å². The van der Waals surface area contributed by atoms with E-state index in [2.05, 4.69) is 30.3 Å². The number of nitrogens with two attached hydrogens (primary N) is 1. The largest absolute Gasteiger partial charge is 0.350 e. The number of hydroxylamine groups is 2.